The number of aromatic nitrogens is 1. The van der Waals surface area contributed by atoms with Crippen LogP contribution < -0.4 is 19.8 Å². The number of likely N-dealkylation sites (N-methyl/N-ethyl adjacent to an activating group) is 1. The van der Waals surface area contributed by atoms with E-state index >= 15 is 0 Å². The number of esters is 1. The average Bonchev–Trinajstić information content (AvgIpc) is 3.22. The highest BCUT2D eigenvalue weighted by Gasteiger charge is 2.35. The number of nitro benzene ring substituents is 1. The number of ether oxygens (including phenoxy) is 1. The first-order valence-corrected chi connectivity index (χ1v) is 14.4. The number of allylic oxidation sites excluding steroid dienone is 1. The van der Waals surface area contributed by atoms with Gasteiger partial charge in [0.05, 0.1) is 26.8 Å². The van der Waals surface area contributed by atoms with E-state index in [1.165, 1.54) is 10.6 Å². The van der Waals surface area contributed by atoms with Gasteiger partial charge in [-0.05, 0) is 57.2 Å². The third kappa shape index (κ3) is 5.70. The largest absolute Gasteiger partial charge is 0.459 e. The second-order valence-corrected chi connectivity index (χ2v) is 11.8. The van der Waals surface area contributed by atoms with Crippen LogP contribution in [0, 0.1) is 10.1 Å². The van der Waals surface area contributed by atoms with Crippen LogP contribution in [-0.2, 0) is 9.53 Å². The summed E-state index contributed by atoms with van der Waals surface area (Å²) in [6.45, 7) is 8.23. The summed E-state index contributed by atoms with van der Waals surface area (Å²) >= 11 is 7.73. The maximum Gasteiger partial charge on any atom is 0.338 e. The zero-order chi connectivity index (χ0) is 29.4. The minimum absolute atomic E-state index is 0.0143. The van der Waals surface area contributed by atoms with Crippen molar-refractivity contribution in [1.29, 1.82) is 0 Å². The Balaban J connectivity index is 1.63. The molecule has 41 heavy (non-hydrogen) atoms. The third-order valence-corrected chi connectivity index (χ3v) is 8.45. The van der Waals surface area contributed by atoms with Gasteiger partial charge in [0, 0.05) is 37.3 Å². The van der Waals surface area contributed by atoms with Crippen molar-refractivity contribution in [2.24, 2.45) is 4.99 Å². The van der Waals surface area contributed by atoms with Gasteiger partial charge >= 0.3 is 5.97 Å². The molecule has 10 nitrogen and oxygen atoms in total. The van der Waals surface area contributed by atoms with Gasteiger partial charge in [0.1, 0.15) is 11.7 Å². The first-order valence-electron chi connectivity index (χ1n) is 13.2. The van der Waals surface area contributed by atoms with E-state index in [4.69, 9.17) is 16.3 Å². The number of nitro groups is 1. The molecule has 0 saturated carbocycles. The highest BCUT2D eigenvalue weighted by atomic mass is 35.5. The standard InChI is InChI=1S/C29H30ClN5O5S/c1-17(2)40-28(37)25-18(3)31-29-34(26(25)20-7-5-6-8-21(20)30)27(36)24(41-29)16-19-9-10-22(23(15-19)35(38)39)33-13-11-32(4)12-14-33/h5-10,15-17,26H,11-14H2,1-4H3. The maximum absolute atomic E-state index is 13.9. The summed E-state index contributed by atoms with van der Waals surface area (Å²) < 4.78 is 7.30. The predicted molar refractivity (Wildman–Crippen MR) is 159 cm³/mol. The number of nitrogens with zero attached hydrogens (tertiary/aromatic N) is 5. The number of carbonyl (C=O) groups is 1. The van der Waals surface area contributed by atoms with Gasteiger partial charge < -0.3 is 14.5 Å². The zero-order valence-corrected chi connectivity index (χ0v) is 24.7. The second-order valence-electron chi connectivity index (χ2n) is 10.4. The molecule has 1 unspecified atom stereocenters. The summed E-state index contributed by atoms with van der Waals surface area (Å²) in [7, 11) is 2.03. The van der Waals surface area contributed by atoms with Crippen LogP contribution in [0.25, 0.3) is 6.08 Å². The highest BCUT2D eigenvalue weighted by Crippen LogP contribution is 2.35. The van der Waals surface area contributed by atoms with E-state index in [1.807, 2.05) is 11.9 Å². The fourth-order valence-electron chi connectivity index (χ4n) is 5.09. The molecular weight excluding hydrogens is 566 g/mol. The molecule has 1 aromatic heterocycles. The summed E-state index contributed by atoms with van der Waals surface area (Å²) in [4.78, 5) is 47.9. The van der Waals surface area contributed by atoms with Gasteiger partial charge in [-0.3, -0.25) is 19.5 Å². The Morgan fingerprint density at radius 3 is 2.56 bits per heavy atom. The number of benzene rings is 2. The number of halogens is 1. The van der Waals surface area contributed by atoms with Crippen LogP contribution in [0.2, 0.25) is 5.02 Å². The van der Waals surface area contributed by atoms with Gasteiger partial charge in [0.2, 0.25) is 0 Å². The van der Waals surface area contributed by atoms with Crippen LogP contribution in [0.1, 0.15) is 37.9 Å². The number of hydrogen-bond acceptors (Lipinski definition) is 9. The van der Waals surface area contributed by atoms with Gasteiger partial charge in [0.15, 0.2) is 4.80 Å². The molecule has 0 radical (unpaired) electrons. The van der Waals surface area contributed by atoms with Crippen molar-refractivity contribution in [2.45, 2.75) is 32.9 Å². The molecule has 0 spiro atoms. The van der Waals surface area contributed by atoms with Gasteiger partial charge in [-0.15, -0.1) is 0 Å². The first-order chi connectivity index (χ1) is 19.5. The molecule has 1 saturated heterocycles. The molecule has 2 aliphatic heterocycles. The van der Waals surface area contributed by atoms with Crippen LogP contribution in [-0.4, -0.2) is 59.7 Å². The summed E-state index contributed by atoms with van der Waals surface area (Å²) in [5, 5.41) is 12.4. The molecule has 3 aromatic rings. The smallest absolute Gasteiger partial charge is 0.338 e. The van der Waals surface area contributed by atoms with Crippen LogP contribution in [0.15, 0.2) is 63.5 Å². The minimum Gasteiger partial charge on any atom is -0.459 e. The maximum atomic E-state index is 13.9. The average molecular weight is 596 g/mol. The number of thiazole rings is 1. The monoisotopic (exact) mass is 595 g/mol. The zero-order valence-electron chi connectivity index (χ0n) is 23.2. The Morgan fingerprint density at radius 2 is 1.90 bits per heavy atom. The lowest BCUT2D eigenvalue weighted by atomic mass is 9.96. The lowest BCUT2D eigenvalue weighted by molar-refractivity contribution is -0.384. The Hall–Kier alpha value is -3.80. The van der Waals surface area contributed by atoms with Crippen LogP contribution in [0.5, 0.6) is 0 Å². The van der Waals surface area contributed by atoms with Gasteiger partial charge in [0.25, 0.3) is 11.2 Å². The number of rotatable bonds is 6. The van der Waals surface area contributed by atoms with Gasteiger partial charge in [-0.25, -0.2) is 9.79 Å². The molecule has 1 fully saturated rings. The molecule has 214 valence electrons. The van der Waals surface area contributed by atoms with Crippen LogP contribution >= 0.6 is 22.9 Å². The van der Waals surface area contributed by atoms with Crippen molar-refractivity contribution in [3.8, 4) is 0 Å². The lowest BCUT2D eigenvalue weighted by Crippen LogP contribution is -2.44. The molecule has 2 aromatic carbocycles. The van der Waals surface area contributed by atoms with Crippen LogP contribution in [0.4, 0.5) is 11.4 Å². The highest BCUT2D eigenvalue weighted by molar-refractivity contribution is 7.07. The van der Waals surface area contributed by atoms with Crippen LogP contribution in [0.3, 0.4) is 0 Å². The van der Waals surface area contributed by atoms with E-state index in [-0.39, 0.29) is 27.8 Å². The van der Waals surface area contributed by atoms with Gasteiger partial charge in [-0.1, -0.05) is 47.2 Å². The molecule has 5 rings (SSSR count). The molecular formula is C29H30ClN5O5S. The SMILES string of the molecule is CC1=C(C(=O)OC(C)C)C(c2ccccc2Cl)n2c(sc(=Cc3ccc(N4CCN(C)CC4)c([N+](=O)[O-])c3)c2=O)=N1. The van der Waals surface area contributed by atoms with Crippen molar-refractivity contribution in [2.75, 3.05) is 38.1 Å². The summed E-state index contributed by atoms with van der Waals surface area (Å²) in [6.07, 6.45) is 1.25. The molecule has 0 aliphatic carbocycles. The number of piperazine rings is 1. The lowest BCUT2D eigenvalue weighted by Gasteiger charge is -2.33. The van der Waals surface area contributed by atoms with Crippen molar-refractivity contribution in [1.82, 2.24) is 9.47 Å². The molecule has 0 bridgehead atoms. The minimum atomic E-state index is -0.845. The van der Waals surface area contributed by atoms with Crippen molar-refractivity contribution < 1.29 is 14.5 Å². The fraction of sp³-hybridized carbons (Fsp3) is 0.345. The number of anilines is 1. The predicted octanol–water partition coefficient (Wildman–Crippen LogP) is 3.50. The Labute approximate surface area is 245 Å². The normalized spacial score (nSPS) is 18.0. The Bertz CT molecular complexity index is 1740. The van der Waals surface area contributed by atoms with E-state index in [0.717, 1.165) is 24.4 Å². The van der Waals surface area contributed by atoms with E-state index in [9.17, 15) is 19.7 Å². The van der Waals surface area contributed by atoms with E-state index in [1.54, 1.807) is 63.2 Å². The molecule has 1 atom stereocenters. The van der Waals surface area contributed by atoms with Crippen molar-refractivity contribution in [3.63, 3.8) is 0 Å². The summed E-state index contributed by atoms with van der Waals surface area (Å²) in [6, 6.07) is 11.2. The van der Waals surface area contributed by atoms with E-state index in [0.29, 0.717) is 50.0 Å². The Kier molecular flexibility index (Phi) is 8.12. The topological polar surface area (TPSA) is 110 Å². The quantitative estimate of drug-likeness (QED) is 0.244. The van der Waals surface area contributed by atoms with Crippen molar-refractivity contribution in [3.05, 3.63) is 99.7 Å². The second kappa shape index (κ2) is 11.6. The van der Waals surface area contributed by atoms with Crippen molar-refractivity contribution >= 4 is 46.4 Å². The fourth-order valence-corrected chi connectivity index (χ4v) is 6.38. The van der Waals surface area contributed by atoms with E-state index < -0.39 is 12.0 Å². The molecule has 0 amide bonds. The summed E-state index contributed by atoms with van der Waals surface area (Å²) in [5.41, 5.74) is 1.91. The van der Waals surface area contributed by atoms with Gasteiger partial charge in [-0.2, -0.15) is 0 Å². The number of carbonyl (C=O) groups excluding carboxylic acids is 1. The first kappa shape index (κ1) is 28.7. The summed E-state index contributed by atoms with van der Waals surface area (Å²) in [5.74, 6) is -0.574. The molecule has 12 heteroatoms. The molecule has 0 N–H and O–H groups in total. The number of fused-ring (bicyclic) bond motifs is 1. The Morgan fingerprint density at radius 1 is 1.20 bits per heavy atom. The molecule has 2 aliphatic rings. The van der Waals surface area contributed by atoms with E-state index in [2.05, 4.69) is 9.89 Å². The third-order valence-electron chi connectivity index (χ3n) is 7.12. The number of hydrogen-bond donors (Lipinski definition) is 0. The molecule has 3 heterocycles.